The van der Waals surface area contributed by atoms with Crippen LogP contribution in [0.15, 0.2) is 18.2 Å². The van der Waals surface area contributed by atoms with Crippen LogP contribution in [0.5, 0.6) is 5.75 Å². The molecule has 17 heavy (non-hydrogen) atoms. The summed E-state index contributed by atoms with van der Waals surface area (Å²) in [7, 11) is 1.37. The Bertz CT molecular complexity index is 467. The number of rotatable bonds is 4. The molecule has 0 aliphatic rings. The predicted molar refractivity (Wildman–Crippen MR) is 57.9 cm³/mol. The van der Waals surface area contributed by atoms with E-state index in [-0.39, 0.29) is 16.9 Å². The number of hydrogen-bond donors (Lipinski definition) is 3. The zero-order valence-electron chi connectivity index (χ0n) is 9.12. The second-order valence-corrected chi connectivity index (χ2v) is 3.36. The Hall–Kier alpha value is -2.10. The van der Waals surface area contributed by atoms with Crippen LogP contribution in [-0.2, 0) is 4.79 Å². The Labute approximate surface area is 97.9 Å². The number of carbonyl (C=O) groups is 1. The van der Waals surface area contributed by atoms with Gasteiger partial charge in [-0.25, -0.2) is 0 Å². The summed E-state index contributed by atoms with van der Waals surface area (Å²) in [5.74, 6) is -0.793. The third kappa shape index (κ3) is 2.72. The van der Waals surface area contributed by atoms with E-state index >= 15 is 0 Å². The standard InChI is InChI=1S/C11H12N2O4/c1-17-8-3-2-6(5-12)4-7(8)9(14)10(15)11(13)16/h2-4,9-10,14-15H,1H3,(H2,13,16). The van der Waals surface area contributed by atoms with Crippen LogP contribution < -0.4 is 10.5 Å². The fraction of sp³-hybridized carbons (Fsp3) is 0.273. The number of hydrogen-bond acceptors (Lipinski definition) is 5. The fourth-order valence-corrected chi connectivity index (χ4v) is 1.36. The Kier molecular flexibility index (Phi) is 4.04. The Morgan fingerprint density at radius 3 is 2.65 bits per heavy atom. The van der Waals surface area contributed by atoms with Crippen molar-refractivity contribution in [1.29, 1.82) is 5.26 Å². The quantitative estimate of drug-likeness (QED) is 0.648. The Morgan fingerprint density at radius 1 is 1.53 bits per heavy atom. The molecule has 0 saturated carbocycles. The zero-order chi connectivity index (χ0) is 13.0. The molecule has 6 nitrogen and oxygen atoms in total. The van der Waals surface area contributed by atoms with Gasteiger partial charge in [-0.2, -0.15) is 5.26 Å². The van der Waals surface area contributed by atoms with E-state index in [4.69, 9.17) is 15.7 Å². The van der Waals surface area contributed by atoms with Crippen LogP contribution in [0.1, 0.15) is 17.2 Å². The van der Waals surface area contributed by atoms with Gasteiger partial charge in [0.1, 0.15) is 11.9 Å². The lowest BCUT2D eigenvalue weighted by Gasteiger charge is -2.18. The third-order valence-corrected chi connectivity index (χ3v) is 2.27. The minimum atomic E-state index is -1.75. The van der Waals surface area contributed by atoms with Crippen molar-refractivity contribution in [3.63, 3.8) is 0 Å². The number of ether oxygens (including phenoxy) is 1. The van der Waals surface area contributed by atoms with Crippen molar-refractivity contribution < 1.29 is 19.7 Å². The van der Waals surface area contributed by atoms with Crippen LogP contribution in [0.3, 0.4) is 0 Å². The minimum Gasteiger partial charge on any atom is -0.496 e. The molecule has 0 heterocycles. The van der Waals surface area contributed by atoms with Crippen LogP contribution in [0, 0.1) is 11.3 Å². The van der Waals surface area contributed by atoms with Gasteiger partial charge in [0.15, 0.2) is 6.10 Å². The van der Waals surface area contributed by atoms with Crippen molar-refractivity contribution in [3.8, 4) is 11.8 Å². The van der Waals surface area contributed by atoms with Crippen molar-refractivity contribution in [2.45, 2.75) is 12.2 Å². The monoisotopic (exact) mass is 236 g/mol. The molecule has 0 fully saturated rings. The lowest BCUT2D eigenvalue weighted by molar-refractivity contribution is -0.132. The van der Waals surface area contributed by atoms with E-state index in [9.17, 15) is 15.0 Å². The summed E-state index contributed by atoms with van der Waals surface area (Å²) in [5.41, 5.74) is 5.29. The van der Waals surface area contributed by atoms with Crippen molar-refractivity contribution in [1.82, 2.24) is 0 Å². The van der Waals surface area contributed by atoms with E-state index < -0.39 is 18.1 Å². The highest BCUT2D eigenvalue weighted by Gasteiger charge is 2.26. The molecule has 2 unspecified atom stereocenters. The molecule has 0 radical (unpaired) electrons. The van der Waals surface area contributed by atoms with Gasteiger partial charge in [-0.15, -0.1) is 0 Å². The molecule has 0 spiro atoms. The molecule has 0 bridgehead atoms. The first-order valence-electron chi connectivity index (χ1n) is 4.74. The number of nitrogens with zero attached hydrogens (tertiary/aromatic N) is 1. The zero-order valence-corrected chi connectivity index (χ0v) is 9.12. The number of nitrogens with two attached hydrogens (primary N) is 1. The number of carbonyl (C=O) groups excluding carboxylic acids is 1. The van der Waals surface area contributed by atoms with E-state index in [2.05, 4.69) is 0 Å². The van der Waals surface area contributed by atoms with Crippen molar-refractivity contribution >= 4 is 5.91 Å². The molecule has 1 aromatic carbocycles. The molecule has 2 atom stereocenters. The van der Waals surface area contributed by atoms with Crippen LogP contribution in [-0.4, -0.2) is 29.3 Å². The van der Waals surface area contributed by atoms with Crippen molar-refractivity contribution in [2.24, 2.45) is 5.73 Å². The second kappa shape index (κ2) is 5.30. The lowest BCUT2D eigenvalue weighted by atomic mass is 10.0. The van der Waals surface area contributed by atoms with Gasteiger partial charge in [0.25, 0.3) is 0 Å². The summed E-state index contributed by atoms with van der Waals surface area (Å²) in [6, 6.07) is 6.16. The molecule has 0 saturated heterocycles. The predicted octanol–water partition coefficient (Wildman–Crippen LogP) is -0.554. The maximum absolute atomic E-state index is 10.8. The number of primary amides is 1. The summed E-state index contributed by atoms with van der Waals surface area (Å²) in [6.45, 7) is 0. The lowest BCUT2D eigenvalue weighted by Crippen LogP contribution is -2.34. The Morgan fingerprint density at radius 2 is 2.18 bits per heavy atom. The molecule has 1 rings (SSSR count). The van der Waals surface area contributed by atoms with E-state index in [1.54, 1.807) is 0 Å². The summed E-state index contributed by atoms with van der Waals surface area (Å²) in [6.07, 6.45) is -3.28. The first kappa shape index (κ1) is 13.0. The maximum Gasteiger partial charge on any atom is 0.249 e. The van der Waals surface area contributed by atoms with Gasteiger partial charge in [0, 0.05) is 5.56 Å². The van der Waals surface area contributed by atoms with E-state index in [0.29, 0.717) is 0 Å². The second-order valence-electron chi connectivity index (χ2n) is 3.36. The van der Waals surface area contributed by atoms with Gasteiger partial charge in [-0.05, 0) is 18.2 Å². The molecule has 1 aromatic rings. The molecule has 0 aromatic heterocycles. The van der Waals surface area contributed by atoms with E-state index in [0.717, 1.165) is 0 Å². The molecule has 90 valence electrons. The van der Waals surface area contributed by atoms with Gasteiger partial charge < -0.3 is 20.7 Å². The average molecular weight is 236 g/mol. The maximum atomic E-state index is 10.8. The van der Waals surface area contributed by atoms with Gasteiger partial charge in [0.2, 0.25) is 5.91 Å². The summed E-state index contributed by atoms with van der Waals surface area (Å²) in [4.78, 5) is 10.8. The highest BCUT2D eigenvalue weighted by atomic mass is 16.5. The molecule has 0 aliphatic heterocycles. The summed E-state index contributed by atoms with van der Waals surface area (Å²) >= 11 is 0. The number of benzene rings is 1. The van der Waals surface area contributed by atoms with Gasteiger partial charge in [-0.3, -0.25) is 4.79 Å². The smallest absolute Gasteiger partial charge is 0.249 e. The molecular formula is C11H12N2O4. The highest BCUT2D eigenvalue weighted by molar-refractivity contribution is 5.79. The molecular weight excluding hydrogens is 224 g/mol. The number of aliphatic hydroxyl groups is 2. The number of nitriles is 1. The van der Waals surface area contributed by atoms with E-state index in [1.807, 2.05) is 6.07 Å². The first-order chi connectivity index (χ1) is 8.01. The molecule has 1 amide bonds. The van der Waals surface area contributed by atoms with Crippen molar-refractivity contribution in [2.75, 3.05) is 7.11 Å². The Balaban J connectivity index is 3.19. The van der Waals surface area contributed by atoms with E-state index in [1.165, 1.54) is 25.3 Å². The van der Waals surface area contributed by atoms with Crippen molar-refractivity contribution in [3.05, 3.63) is 29.3 Å². The third-order valence-electron chi connectivity index (χ3n) is 2.27. The molecule has 6 heteroatoms. The average Bonchev–Trinajstić information content (AvgIpc) is 2.35. The number of aliphatic hydroxyl groups excluding tert-OH is 2. The van der Waals surface area contributed by atoms with Gasteiger partial charge in [0.05, 0.1) is 18.7 Å². The number of methoxy groups -OCH3 is 1. The fourth-order valence-electron chi connectivity index (χ4n) is 1.36. The largest absolute Gasteiger partial charge is 0.496 e. The van der Waals surface area contributed by atoms with Crippen LogP contribution in [0.4, 0.5) is 0 Å². The SMILES string of the molecule is COc1ccc(C#N)cc1C(O)C(O)C(N)=O. The normalized spacial score (nSPS) is 13.5. The first-order valence-corrected chi connectivity index (χ1v) is 4.74. The minimum absolute atomic E-state index is 0.137. The van der Waals surface area contributed by atoms with Crippen LogP contribution in [0.25, 0.3) is 0 Å². The number of amides is 1. The summed E-state index contributed by atoms with van der Waals surface area (Å²) < 4.78 is 4.96. The topological polar surface area (TPSA) is 117 Å². The molecule has 4 N–H and O–H groups in total. The van der Waals surface area contributed by atoms with Gasteiger partial charge >= 0.3 is 0 Å². The molecule has 0 aliphatic carbocycles. The van der Waals surface area contributed by atoms with Gasteiger partial charge in [-0.1, -0.05) is 0 Å². The van der Waals surface area contributed by atoms with Crippen LogP contribution >= 0.6 is 0 Å². The highest BCUT2D eigenvalue weighted by Crippen LogP contribution is 2.28. The summed E-state index contributed by atoms with van der Waals surface area (Å²) in [5, 5.41) is 27.8. The van der Waals surface area contributed by atoms with Crippen LogP contribution in [0.2, 0.25) is 0 Å².